The third-order valence-corrected chi connectivity index (χ3v) is 6.95. The second-order valence-corrected chi connectivity index (χ2v) is 9.26. The van der Waals surface area contributed by atoms with Crippen LogP contribution in [0.5, 0.6) is 0 Å². The van der Waals surface area contributed by atoms with E-state index in [9.17, 15) is 4.79 Å². The first-order valence-corrected chi connectivity index (χ1v) is 11.1. The van der Waals surface area contributed by atoms with Gasteiger partial charge in [0.2, 0.25) is 5.91 Å². The molecule has 0 N–H and O–H groups in total. The van der Waals surface area contributed by atoms with E-state index in [4.69, 9.17) is 4.74 Å². The van der Waals surface area contributed by atoms with Crippen molar-refractivity contribution in [2.75, 3.05) is 52.5 Å². The number of hydrogen-bond donors (Lipinski definition) is 0. The van der Waals surface area contributed by atoms with Gasteiger partial charge in [-0.25, -0.2) is 0 Å². The second-order valence-electron chi connectivity index (χ2n) is 7.99. The number of aryl methyl sites for hydroxylation is 1. The fourth-order valence-electron chi connectivity index (χ4n) is 4.62. The first-order valence-electron chi connectivity index (χ1n) is 10.3. The van der Waals surface area contributed by atoms with E-state index in [1.54, 1.807) is 11.3 Å². The molecule has 1 aromatic heterocycles. The van der Waals surface area contributed by atoms with Crippen molar-refractivity contribution >= 4 is 17.2 Å². The molecule has 0 aromatic carbocycles. The van der Waals surface area contributed by atoms with Crippen molar-refractivity contribution in [1.29, 1.82) is 0 Å². The van der Waals surface area contributed by atoms with E-state index in [0.29, 0.717) is 25.2 Å². The van der Waals surface area contributed by atoms with Gasteiger partial charge in [-0.05, 0) is 39.2 Å². The van der Waals surface area contributed by atoms with Gasteiger partial charge in [0.15, 0.2) is 0 Å². The number of piperidine rings is 2. The van der Waals surface area contributed by atoms with E-state index in [1.807, 2.05) is 11.8 Å². The molecule has 3 aliphatic heterocycles. The number of ether oxygens (including phenoxy) is 1. The Kier molecular flexibility index (Phi) is 6.37. The van der Waals surface area contributed by atoms with Crippen LogP contribution in [-0.2, 0) is 16.1 Å². The molecular weight excluding hydrogens is 362 g/mol. The van der Waals surface area contributed by atoms with Crippen molar-refractivity contribution in [3.05, 3.63) is 10.0 Å². The number of nitrogens with zero attached hydrogens (tertiary/aromatic N) is 5. The summed E-state index contributed by atoms with van der Waals surface area (Å²) in [7, 11) is 0. The van der Waals surface area contributed by atoms with Crippen LogP contribution >= 0.6 is 11.3 Å². The fraction of sp³-hybridized carbons (Fsp3) is 0.842. The summed E-state index contributed by atoms with van der Waals surface area (Å²) in [6, 6.07) is 0.623. The minimum atomic E-state index is 0.180. The van der Waals surface area contributed by atoms with Gasteiger partial charge in [-0.2, -0.15) is 0 Å². The summed E-state index contributed by atoms with van der Waals surface area (Å²) in [5, 5.41) is 10.6. The van der Waals surface area contributed by atoms with Crippen molar-refractivity contribution in [3.8, 4) is 0 Å². The predicted octanol–water partition coefficient (Wildman–Crippen LogP) is 1.38. The van der Waals surface area contributed by atoms with Crippen LogP contribution in [0.25, 0.3) is 0 Å². The van der Waals surface area contributed by atoms with E-state index in [1.165, 1.54) is 12.8 Å². The van der Waals surface area contributed by atoms with E-state index in [0.717, 1.165) is 68.7 Å². The summed E-state index contributed by atoms with van der Waals surface area (Å²) >= 11 is 1.70. The highest BCUT2D eigenvalue weighted by Crippen LogP contribution is 2.26. The van der Waals surface area contributed by atoms with Gasteiger partial charge < -0.3 is 9.64 Å². The van der Waals surface area contributed by atoms with E-state index in [-0.39, 0.29) is 5.92 Å². The Bertz CT molecular complexity index is 625. The Morgan fingerprint density at radius 3 is 2.59 bits per heavy atom. The number of hydrogen-bond acceptors (Lipinski definition) is 7. The Balaban J connectivity index is 1.26. The maximum atomic E-state index is 12.9. The van der Waals surface area contributed by atoms with Gasteiger partial charge in [-0.3, -0.25) is 14.6 Å². The van der Waals surface area contributed by atoms with Crippen LogP contribution in [0, 0.1) is 12.8 Å². The van der Waals surface area contributed by atoms with Crippen molar-refractivity contribution < 1.29 is 9.53 Å². The summed E-state index contributed by atoms with van der Waals surface area (Å²) < 4.78 is 5.39. The molecule has 1 aromatic rings. The molecule has 8 heteroatoms. The first-order chi connectivity index (χ1) is 13.2. The number of likely N-dealkylation sites (tertiary alicyclic amines) is 2. The summed E-state index contributed by atoms with van der Waals surface area (Å²) in [6.07, 6.45) is 4.57. The summed E-state index contributed by atoms with van der Waals surface area (Å²) in [5.74, 6) is 0.534. The molecule has 0 saturated carbocycles. The molecule has 0 spiro atoms. The van der Waals surface area contributed by atoms with Crippen LogP contribution in [0.15, 0.2) is 0 Å². The molecule has 1 amide bonds. The number of morpholine rings is 1. The van der Waals surface area contributed by atoms with Crippen LogP contribution in [0.2, 0.25) is 0 Å². The Labute approximate surface area is 165 Å². The highest BCUT2D eigenvalue weighted by atomic mass is 32.1. The summed E-state index contributed by atoms with van der Waals surface area (Å²) in [4.78, 5) is 20.0. The molecular formula is C19H31N5O2S. The number of carbonyl (C=O) groups is 1. The lowest BCUT2D eigenvalue weighted by Crippen LogP contribution is -2.52. The topological polar surface area (TPSA) is 61.8 Å². The lowest BCUT2D eigenvalue weighted by atomic mass is 9.92. The molecule has 1 unspecified atom stereocenters. The molecule has 1 atom stereocenters. The summed E-state index contributed by atoms with van der Waals surface area (Å²) in [5.41, 5.74) is 0. The second kappa shape index (κ2) is 8.94. The largest absolute Gasteiger partial charge is 0.378 e. The number of amides is 1. The van der Waals surface area contributed by atoms with Crippen molar-refractivity contribution in [2.45, 2.75) is 45.2 Å². The van der Waals surface area contributed by atoms with Crippen LogP contribution < -0.4 is 0 Å². The molecule has 0 radical (unpaired) electrons. The van der Waals surface area contributed by atoms with E-state index < -0.39 is 0 Å². The molecule has 3 aliphatic rings. The summed E-state index contributed by atoms with van der Waals surface area (Å²) in [6.45, 7) is 10.2. The smallest absolute Gasteiger partial charge is 0.227 e. The average molecular weight is 394 g/mol. The fourth-order valence-corrected chi connectivity index (χ4v) is 5.37. The molecule has 3 saturated heterocycles. The molecule has 27 heavy (non-hydrogen) atoms. The van der Waals surface area contributed by atoms with Crippen LogP contribution in [0.1, 0.15) is 35.7 Å². The van der Waals surface area contributed by atoms with Crippen molar-refractivity contribution in [2.24, 2.45) is 5.92 Å². The zero-order valence-electron chi connectivity index (χ0n) is 16.3. The molecule has 3 fully saturated rings. The predicted molar refractivity (Wildman–Crippen MR) is 105 cm³/mol. The molecule has 150 valence electrons. The third-order valence-electron chi connectivity index (χ3n) is 6.13. The molecule has 0 aliphatic carbocycles. The van der Waals surface area contributed by atoms with Gasteiger partial charge in [-0.15, -0.1) is 21.5 Å². The number of carbonyl (C=O) groups excluding carboxylic acids is 1. The van der Waals surface area contributed by atoms with Gasteiger partial charge in [0.05, 0.1) is 25.7 Å². The highest BCUT2D eigenvalue weighted by molar-refractivity contribution is 7.11. The SMILES string of the molecule is Cc1nnc(CN2CCC(N3CCCC(C(=O)N4CCOCC4)C3)CC2)s1. The van der Waals surface area contributed by atoms with Gasteiger partial charge in [0.25, 0.3) is 0 Å². The van der Waals surface area contributed by atoms with Crippen molar-refractivity contribution in [1.82, 2.24) is 24.9 Å². The molecule has 4 rings (SSSR count). The minimum absolute atomic E-state index is 0.180. The van der Waals surface area contributed by atoms with Crippen LogP contribution in [-0.4, -0.2) is 89.3 Å². The monoisotopic (exact) mass is 393 g/mol. The standard InChI is InChI=1S/C19H31N5O2S/c1-15-20-21-18(27-15)14-22-7-4-17(5-8-22)24-6-2-3-16(13-24)19(25)23-9-11-26-12-10-23/h16-17H,2-14H2,1H3. The normalized spacial score (nSPS) is 26.4. The van der Waals surface area contributed by atoms with E-state index >= 15 is 0 Å². The minimum Gasteiger partial charge on any atom is -0.378 e. The lowest BCUT2D eigenvalue weighted by Gasteiger charge is -2.42. The Hall–Kier alpha value is -1.09. The molecule has 0 bridgehead atoms. The quantitative estimate of drug-likeness (QED) is 0.770. The number of aromatic nitrogens is 2. The average Bonchev–Trinajstić information content (AvgIpc) is 3.13. The van der Waals surface area contributed by atoms with Gasteiger partial charge >= 0.3 is 0 Å². The van der Waals surface area contributed by atoms with Crippen LogP contribution in [0.4, 0.5) is 0 Å². The van der Waals surface area contributed by atoms with E-state index in [2.05, 4.69) is 20.0 Å². The van der Waals surface area contributed by atoms with Crippen LogP contribution in [0.3, 0.4) is 0 Å². The van der Waals surface area contributed by atoms with Gasteiger partial charge in [0.1, 0.15) is 10.0 Å². The van der Waals surface area contributed by atoms with Gasteiger partial charge in [0, 0.05) is 38.8 Å². The Morgan fingerprint density at radius 1 is 1.11 bits per heavy atom. The van der Waals surface area contributed by atoms with Gasteiger partial charge in [-0.1, -0.05) is 0 Å². The molecule has 7 nitrogen and oxygen atoms in total. The van der Waals surface area contributed by atoms with Crippen molar-refractivity contribution in [3.63, 3.8) is 0 Å². The zero-order valence-corrected chi connectivity index (χ0v) is 17.1. The maximum Gasteiger partial charge on any atom is 0.227 e. The maximum absolute atomic E-state index is 12.9. The zero-order chi connectivity index (χ0) is 18.6. The Morgan fingerprint density at radius 2 is 1.89 bits per heavy atom. The first kappa shape index (κ1) is 19.2. The number of rotatable bonds is 4. The highest BCUT2D eigenvalue weighted by Gasteiger charge is 2.34. The molecule has 4 heterocycles. The lowest BCUT2D eigenvalue weighted by molar-refractivity contribution is -0.142. The third kappa shape index (κ3) is 4.85.